The van der Waals surface area contributed by atoms with Gasteiger partial charge >= 0.3 is 0 Å². The molecule has 1 amide bonds. The predicted molar refractivity (Wildman–Crippen MR) is 89.0 cm³/mol. The molecule has 1 N–H and O–H groups in total. The molecule has 1 saturated carbocycles. The van der Waals surface area contributed by atoms with E-state index in [0.29, 0.717) is 16.4 Å². The van der Waals surface area contributed by atoms with Crippen molar-refractivity contribution in [3.63, 3.8) is 0 Å². The summed E-state index contributed by atoms with van der Waals surface area (Å²) in [5, 5.41) is 14.7. The third-order valence-corrected chi connectivity index (χ3v) is 5.47. The van der Waals surface area contributed by atoms with E-state index in [1.165, 1.54) is 33.6 Å². The average molecular weight is 347 g/mol. The van der Waals surface area contributed by atoms with Crippen LogP contribution in [0.4, 0.5) is 5.13 Å². The van der Waals surface area contributed by atoms with E-state index in [-0.39, 0.29) is 24.4 Å². The second-order valence-electron chi connectivity index (χ2n) is 5.40. The number of carbonyl (C=O) groups is 1. The number of hydrogen-bond donors (Lipinski definition) is 1. The molecule has 0 atom stereocenters. The van der Waals surface area contributed by atoms with Crippen LogP contribution in [-0.4, -0.2) is 25.7 Å². The number of fused-ring (bicyclic) bond motifs is 1. The highest BCUT2D eigenvalue weighted by Crippen LogP contribution is 2.42. The maximum atomic E-state index is 12.2. The van der Waals surface area contributed by atoms with E-state index in [1.54, 1.807) is 6.07 Å². The molecule has 118 valence electrons. The number of nitrogens with zero attached hydrogens (tertiary/aromatic N) is 4. The SMILES string of the molecule is O=C(CCn1cnc2sccc2c1=O)Nc1nnc(C2CC2)s1. The number of rotatable bonds is 5. The fraction of sp³-hybridized carbons (Fsp3) is 0.357. The Labute approximate surface area is 139 Å². The fourth-order valence-corrected chi connectivity index (χ4v) is 3.89. The van der Waals surface area contributed by atoms with Crippen LogP contribution < -0.4 is 10.9 Å². The Kier molecular flexibility index (Phi) is 3.66. The van der Waals surface area contributed by atoms with Gasteiger partial charge in [0, 0.05) is 18.9 Å². The minimum atomic E-state index is -0.180. The van der Waals surface area contributed by atoms with Crippen molar-refractivity contribution >= 4 is 43.9 Å². The molecule has 7 nitrogen and oxygen atoms in total. The number of hydrogen-bond acceptors (Lipinski definition) is 7. The number of anilines is 1. The first-order valence-electron chi connectivity index (χ1n) is 7.26. The van der Waals surface area contributed by atoms with Crippen molar-refractivity contribution < 1.29 is 4.79 Å². The molecule has 9 heteroatoms. The highest BCUT2D eigenvalue weighted by molar-refractivity contribution is 7.16. The van der Waals surface area contributed by atoms with Gasteiger partial charge in [-0.15, -0.1) is 21.5 Å². The number of aryl methyl sites for hydroxylation is 1. The molecule has 23 heavy (non-hydrogen) atoms. The van der Waals surface area contributed by atoms with Gasteiger partial charge in [-0.25, -0.2) is 4.98 Å². The van der Waals surface area contributed by atoms with Gasteiger partial charge in [-0.3, -0.25) is 14.2 Å². The van der Waals surface area contributed by atoms with Gasteiger partial charge < -0.3 is 5.32 Å². The molecule has 0 spiro atoms. The van der Waals surface area contributed by atoms with Gasteiger partial charge in [0.1, 0.15) is 9.84 Å². The third kappa shape index (κ3) is 3.02. The molecule has 3 aromatic rings. The van der Waals surface area contributed by atoms with Crippen molar-refractivity contribution in [2.24, 2.45) is 0 Å². The molecule has 0 radical (unpaired) electrons. The fourth-order valence-electron chi connectivity index (χ4n) is 2.24. The maximum absolute atomic E-state index is 12.2. The summed E-state index contributed by atoms with van der Waals surface area (Å²) < 4.78 is 1.46. The smallest absolute Gasteiger partial charge is 0.262 e. The molecule has 1 aliphatic rings. The molecule has 0 saturated heterocycles. The van der Waals surface area contributed by atoms with Gasteiger partial charge in [0.2, 0.25) is 11.0 Å². The van der Waals surface area contributed by atoms with Gasteiger partial charge in [0.05, 0.1) is 11.7 Å². The van der Waals surface area contributed by atoms with Crippen LogP contribution in [-0.2, 0) is 11.3 Å². The van der Waals surface area contributed by atoms with Crippen LogP contribution in [0.15, 0.2) is 22.6 Å². The van der Waals surface area contributed by atoms with E-state index in [1.807, 2.05) is 5.38 Å². The normalized spacial score (nSPS) is 14.3. The van der Waals surface area contributed by atoms with Crippen molar-refractivity contribution in [3.8, 4) is 0 Å². The van der Waals surface area contributed by atoms with Gasteiger partial charge in [0.15, 0.2) is 0 Å². The van der Waals surface area contributed by atoms with Crippen LogP contribution in [0.5, 0.6) is 0 Å². The summed E-state index contributed by atoms with van der Waals surface area (Å²) in [7, 11) is 0. The monoisotopic (exact) mass is 347 g/mol. The number of carbonyl (C=O) groups excluding carboxylic acids is 1. The van der Waals surface area contributed by atoms with E-state index in [2.05, 4.69) is 20.5 Å². The lowest BCUT2D eigenvalue weighted by molar-refractivity contribution is -0.116. The number of thiophene rings is 1. The van der Waals surface area contributed by atoms with E-state index in [9.17, 15) is 9.59 Å². The van der Waals surface area contributed by atoms with Crippen LogP contribution in [0.1, 0.15) is 30.2 Å². The van der Waals surface area contributed by atoms with Crippen molar-refractivity contribution in [2.45, 2.75) is 31.7 Å². The zero-order valence-corrected chi connectivity index (χ0v) is 13.7. The van der Waals surface area contributed by atoms with E-state index in [4.69, 9.17) is 0 Å². The van der Waals surface area contributed by atoms with Crippen LogP contribution in [0.25, 0.3) is 10.2 Å². The Morgan fingerprint density at radius 2 is 2.26 bits per heavy atom. The van der Waals surface area contributed by atoms with E-state index in [0.717, 1.165) is 22.7 Å². The first kappa shape index (κ1) is 14.5. The summed E-state index contributed by atoms with van der Waals surface area (Å²) in [6.45, 7) is 0.289. The Bertz CT molecular complexity index is 925. The lowest BCUT2D eigenvalue weighted by Crippen LogP contribution is -2.23. The topological polar surface area (TPSA) is 89.8 Å². The molecule has 0 unspecified atom stereocenters. The predicted octanol–water partition coefficient (Wildman–Crippen LogP) is 2.22. The first-order valence-corrected chi connectivity index (χ1v) is 8.96. The van der Waals surface area contributed by atoms with Crippen molar-refractivity contribution in [1.82, 2.24) is 19.7 Å². The van der Waals surface area contributed by atoms with Crippen molar-refractivity contribution in [3.05, 3.63) is 33.1 Å². The molecule has 3 heterocycles. The van der Waals surface area contributed by atoms with E-state index < -0.39 is 0 Å². The number of nitrogens with one attached hydrogen (secondary N) is 1. The molecule has 0 bridgehead atoms. The molecule has 3 aromatic heterocycles. The molecule has 1 fully saturated rings. The lowest BCUT2D eigenvalue weighted by atomic mass is 10.3. The molecular weight excluding hydrogens is 334 g/mol. The minimum Gasteiger partial charge on any atom is -0.300 e. The molecule has 4 rings (SSSR count). The zero-order chi connectivity index (χ0) is 15.8. The summed E-state index contributed by atoms with van der Waals surface area (Å²) >= 11 is 2.85. The Morgan fingerprint density at radius 1 is 1.39 bits per heavy atom. The Morgan fingerprint density at radius 3 is 3.09 bits per heavy atom. The lowest BCUT2D eigenvalue weighted by Gasteiger charge is -2.04. The highest BCUT2D eigenvalue weighted by atomic mass is 32.1. The second kappa shape index (κ2) is 5.82. The average Bonchev–Trinajstić information content (AvgIpc) is 3.09. The third-order valence-electron chi connectivity index (χ3n) is 3.64. The van der Waals surface area contributed by atoms with Gasteiger partial charge in [-0.2, -0.15) is 0 Å². The summed E-state index contributed by atoms with van der Waals surface area (Å²) in [5.74, 6) is 0.348. The number of aromatic nitrogens is 4. The summed E-state index contributed by atoms with van der Waals surface area (Å²) in [6, 6.07) is 1.76. The van der Waals surface area contributed by atoms with Gasteiger partial charge in [0.25, 0.3) is 5.56 Å². The standard InChI is InChI=1S/C14H13N5O2S2/c20-10(16-14-18-17-11(23-14)8-1-2-8)3-5-19-7-15-12-9(13(19)21)4-6-22-12/h4,6-8H,1-3,5H2,(H,16,18,20). The molecule has 1 aliphatic carbocycles. The van der Waals surface area contributed by atoms with Gasteiger partial charge in [-0.1, -0.05) is 11.3 Å². The summed E-state index contributed by atoms with van der Waals surface area (Å²) in [4.78, 5) is 29.2. The quantitative estimate of drug-likeness (QED) is 0.764. The molecule has 0 aliphatic heterocycles. The molecule has 0 aromatic carbocycles. The van der Waals surface area contributed by atoms with Crippen molar-refractivity contribution in [1.29, 1.82) is 0 Å². The molecular formula is C14H13N5O2S2. The van der Waals surface area contributed by atoms with Crippen LogP contribution in [0.2, 0.25) is 0 Å². The van der Waals surface area contributed by atoms with Crippen LogP contribution >= 0.6 is 22.7 Å². The first-order chi connectivity index (χ1) is 11.2. The highest BCUT2D eigenvalue weighted by Gasteiger charge is 2.27. The van der Waals surface area contributed by atoms with Gasteiger partial charge in [-0.05, 0) is 24.3 Å². The summed E-state index contributed by atoms with van der Waals surface area (Å²) in [5.41, 5.74) is -0.115. The number of amides is 1. The Hall–Kier alpha value is -2.13. The minimum absolute atomic E-state index is 0.115. The summed E-state index contributed by atoms with van der Waals surface area (Å²) in [6.07, 6.45) is 3.99. The van der Waals surface area contributed by atoms with Crippen LogP contribution in [0.3, 0.4) is 0 Å². The second-order valence-corrected chi connectivity index (χ2v) is 7.30. The van der Waals surface area contributed by atoms with Crippen LogP contribution in [0, 0.1) is 0 Å². The maximum Gasteiger partial charge on any atom is 0.262 e. The van der Waals surface area contributed by atoms with E-state index >= 15 is 0 Å². The Balaban J connectivity index is 1.39. The largest absolute Gasteiger partial charge is 0.300 e. The zero-order valence-electron chi connectivity index (χ0n) is 12.1. The van der Waals surface area contributed by atoms with Crippen molar-refractivity contribution in [2.75, 3.05) is 5.32 Å².